The molecule has 0 aliphatic heterocycles. The molecule has 0 heterocycles. The van der Waals surface area contributed by atoms with E-state index < -0.39 is 0 Å². The predicted octanol–water partition coefficient (Wildman–Crippen LogP) is 5.34. The van der Waals surface area contributed by atoms with E-state index in [9.17, 15) is 0 Å². The first-order valence-corrected chi connectivity index (χ1v) is 6.60. The third-order valence-electron chi connectivity index (χ3n) is 2.67. The van der Waals surface area contributed by atoms with Crippen molar-refractivity contribution >= 4 is 0 Å². The fraction of sp³-hybridized carbons (Fsp3) is 0.500. The van der Waals surface area contributed by atoms with Crippen LogP contribution < -0.4 is 0 Å². The van der Waals surface area contributed by atoms with Crippen LogP contribution in [0.5, 0.6) is 0 Å². The maximum absolute atomic E-state index is 2.27. The fourth-order valence-corrected chi connectivity index (χ4v) is 1.71. The van der Waals surface area contributed by atoms with Crippen LogP contribution in [-0.2, 0) is 20.4 Å². The summed E-state index contributed by atoms with van der Waals surface area (Å²) in [6, 6.07) is 0. The van der Waals surface area contributed by atoms with Gasteiger partial charge in [-0.3, -0.25) is 0 Å². The van der Waals surface area contributed by atoms with Gasteiger partial charge in [0.15, 0.2) is 0 Å². The molecule has 0 aromatic rings. The molecule has 0 fully saturated rings. The van der Waals surface area contributed by atoms with Crippen molar-refractivity contribution < 1.29 is 20.4 Å². The molecule has 0 N–H and O–H groups in total. The molecule has 96 valence electrons. The summed E-state index contributed by atoms with van der Waals surface area (Å²) in [6.07, 6.45) is 28.0. The summed E-state index contributed by atoms with van der Waals surface area (Å²) in [6.45, 7) is 0. The molecule has 0 amide bonds. The Morgan fingerprint density at radius 3 is 0.529 bits per heavy atom. The molecule has 2 aliphatic rings. The Labute approximate surface area is 120 Å². The first-order chi connectivity index (χ1) is 8.00. The average Bonchev–Trinajstić information content (AvgIpc) is 2.15. The Balaban J connectivity index is 0.000000284. The monoisotopic (exact) mass is 322 g/mol. The molecule has 2 aliphatic carbocycles. The zero-order chi connectivity index (χ0) is 11.3. The van der Waals surface area contributed by atoms with Gasteiger partial charge in [0, 0.05) is 0 Å². The summed E-state index contributed by atoms with van der Waals surface area (Å²) in [5.74, 6) is 0. The quantitative estimate of drug-likeness (QED) is 0.417. The molecule has 1 heteroatoms. The van der Waals surface area contributed by atoms with Gasteiger partial charge in [-0.15, -0.1) is 0 Å². The first-order valence-electron chi connectivity index (χ1n) is 6.60. The van der Waals surface area contributed by atoms with E-state index in [-0.39, 0.29) is 20.4 Å². The second-order valence-corrected chi connectivity index (χ2v) is 4.20. The third kappa shape index (κ3) is 11.9. The Morgan fingerprint density at radius 2 is 0.412 bits per heavy atom. The van der Waals surface area contributed by atoms with Crippen molar-refractivity contribution in [3.8, 4) is 0 Å². The standard InChI is InChI=1S/2C8H12.Pd/c2*1-2-4-6-8-7-5-3-1;/h2*1-2,7-8H,3-6H2;/q;;+2/b2*2-1-,8-7-;. The number of hydrogen-bond donors (Lipinski definition) is 0. The van der Waals surface area contributed by atoms with Crippen LogP contribution in [0.3, 0.4) is 0 Å². The third-order valence-corrected chi connectivity index (χ3v) is 2.67. The van der Waals surface area contributed by atoms with Gasteiger partial charge in [0.2, 0.25) is 0 Å². The minimum Gasteiger partial charge on any atom is -0.0882 e. The molecule has 0 unspecified atom stereocenters. The van der Waals surface area contributed by atoms with E-state index in [1.165, 1.54) is 51.4 Å². The van der Waals surface area contributed by atoms with Crippen LogP contribution in [0.15, 0.2) is 48.6 Å². The second kappa shape index (κ2) is 13.7. The van der Waals surface area contributed by atoms with Crippen molar-refractivity contribution in [1.29, 1.82) is 0 Å². The maximum atomic E-state index is 2.27. The minimum absolute atomic E-state index is 0. The van der Waals surface area contributed by atoms with E-state index in [4.69, 9.17) is 0 Å². The van der Waals surface area contributed by atoms with Gasteiger partial charge < -0.3 is 0 Å². The average molecular weight is 323 g/mol. The Kier molecular flexibility index (Phi) is 13.4. The molecule has 17 heavy (non-hydrogen) atoms. The molecule has 0 aromatic heterocycles. The smallest absolute Gasteiger partial charge is 0.0882 e. The van der Waals surface area contributed by atoms with E-state index in [1.807, 2.05) is 0 Å². The number of allylic oxidation sites excluding steroid dienone is 8. The largest absolute Gasteiger partial charge is 2.00 e. The van der Waals surface area contributed by atoms with Crippen LogP contribution in [0.4, 0.5) is 0 Å². The van der Waals surface area contributed by atoms with Gasteiger partial charge in [-0.05, 0) is 51.4 Å². The van der Waals surface area contributed by atoms with Crippen LogP contribution in [0, 0.1) is 0 Å². The maximum Gasteiger partial charge on any atom is 2.00 e. The van der Waals surface area contributed by atoms with Crippen molar-refractivity contribution in [3.05, 3.63) is 48.6 Å². The first kappa shape index (κ1) is 16.6. The zero-order valence-corrected chi connectivity index (χ0v) is 12.1. The Hall–Kier alpha value is -0.378. The van der Waals surface area contributed by atoms with E-state index in [0.29, 0.717) is 0 Å². The van der Waals surface area contributed by atoms with Crippen molar-refractivity contribution in [1.82, 2.24) is 0 Å². The predicted molar refractivity (Wildman–Crippen MR) is 73.5 cm³/mol. The van der Waals surface area contributed by atoms with Gasteiger partial charge in [-0.25, -0.2) is 0 Å². The normalized spacial score (nSPS) is 26.4. The van der Waals surface area contributed by atoms with E-state index in [2.05, 4.69) is 48.6 Å². The van der Waals surface area contributed by atoms with Crippen molar-refractivity contribution in [3.63, 3.8) is 0 Å². The van der Waals surface area contributed by atoms with Gasteiger partial charge in [-0.1, -0.05) is 48.6 Å². The van der Waals surface area contributed by atoms with Gasteiger partial charge in [0.25, 0.3) is 0 Å². The molecular weight excluding hydrogens is 299 g/mol. The van der Waals surface area contributed by atoms with Crippen molar-refractivity contribution in [2.75, 3.05) is 0 Å². The molecule has 0 radical (unpaired) electrons. The second-order valence-electron chi connectivity index (χ2n) is 4.20. The summed E-state index contributed by atoms with van der Waals surface area (Å²) in [4.78, 5) is 0. The van der Waals surface area contributed by atoms with Crippen LogP contribution in [-0.4, -0.2) is 0 Å². The van der Waals surface area contributed by atoms with E-state index in [0.717, 1.165) is 0 Å². The van der Waals surface area contributed by atoms with E-state index in [1.54, 1.807) is 0 Å². The molecule has 0 saturated carbocycles. The molecule has 0 saturated heterocycles. The summed E-state index contributed by atoms with van der Waals surface area (Å²) in [5, 5.41) is 0. The van der Waals surface area contributed by atoms with Crippen LogP contribution in [0.25, 0.3) is 0 Å². The minimum atomic E-state index is 0. The Morgan fingerprint density at radius 1 is 0.294 bits per heavy atom. The summed E-state index contributed by atoms with van der Waals surface area (Å²) in [5.41, 5.74) is 0. The number of rotatable bonds is 0. The van der Waals surface area contributed by atoms with Crippen molar-refractivity contribution in [2.45, 2.75) is 51.4 Å². The van der Waals surface area contributed by atoms with Crippen LogP contribution >= 0.6 is 0 Å². The Bertz CT molecular complexity index is 179. The van der Waals surface area contributed by atoms with Crippen LogP contribution in [0.2, 0.25) is 0 Å². The molecule has 0 aromatic carbocycles. The zero-order valence-electron chi connectivity index (χ0n) is 10.6. The SMILES string of the molecule is C1=C\CC/C=C\CC/1.C1=C\CC/C=C\CC/1.[Pd+2]. The molecule has 0 spiro atoms. The van der Waals surface area contributed by atoms with Crippen LogP contribution in [0.1, 0.15) is 51.4 Å². The molecule has 0 bridgehead atoms. The topological polar surface area (TPSA) is 0 Å². The van der Waals surface area contributed by atoms with E-state index >= 15 is 0 Å². The number of hydrogen-bond acceptors (Lipinski definition) is 0. The summed E-state index contributed by atoms with van der Waals surface area (Å²) in [7, 11) is 0. The molecule has 0 nitrogen and oxygen atoms in total. The summed E-state index contributed by atoms with van der Waals surface area (Å²) >= 11 is 0. The van der Waals surface area contributed by atoms with Gasteiger partial charge in [0.1, 0.15) is 0 Å². The van der Waals surface area contributed by atoms with Crippen molar-refractivity contribution in [2.24, 2.45) is 0 Å². The summed E-state index contributed by atoms with van der Waals surface area (Å²) < 4.78 is 0. The molecule has 2 rings (SSSR count). The molecule has 0 atom stereocenters. The molecular formula is C16H24Pd+2. The van der Waals surface area contributed by atoms with Gasteiger partial charge in [0.05, 0.1) is 0 Å². The van der Waals surface area contributed by atoms with Gasteiger partial charge >= 0.3 is 20.4 Å². The fourth-order valence-electron chi connectivity index (χ4n) is 1.71. The van der Waals surface area contributed by atoms with Gasteiger partial charge in [-0.2, -0.15) is 0 Å².